The van der Waals surface area contributed by atoms with Gasteiger partial charge < -0.3 is 24.4 Å². The van der Waals surface area contributed by atoms with E-state index < -0.39 is 42.1 Å². The highest BCUT2D eigenvalue weighted by atomic mass is 16.6. The molecule has 3 rings (SSSR count). The van der Waals surface area contributed by atoms with Gasteiger partial charge in [0.2, 0.25) is 5.91 Å². The van der Waals surface area contributed by atoms with Gasteiger partial charge in [0, 0.05) is 6.54 Å². The molecule has 0 radical (unpaired) electrons. The summed E-state index contributed by atoms with van der Waals surface area (Å²) in [6.07, 6.45) is -0.0782. The normalized spacial score (nSPS) is 23.4. The largest absolute Gasteiger partial charge is 0.464 e. The van der Waals surface area contributed by atoms with Gasteiger partial charge in [-0.15, -0.1) is 0 Å². The standard InChI is InChI=1S/C24H32N2O7/c1-4-15(3)18(25-21(27)19-20(33-19)24(30)31-5-2)22(28)26-13-9-12-17(26)23(29)32-14-16-10-7-6-8-11-16/h6-8,10-11,15,17-20H,4-5,9,12-14H2,1-3H3,(H,25,27)/t15?,17-,18-,19?,20?/m0/s1. The van der Waals surface area contributed by atoms with Crippen molar-refractivity contribution in [3.05, 3.63) is 35.9 Å². The Bertz CT molecular complexity index is 860. The van der Waals surface area contributed by atoms with Crippen LogP contribution in [0.15, 0.2) is 30.3 Å². The van der Waals surface area contributed by atoms with E-state index >= 15 is 0 Å². The zero-order valence-corrected chi connectivity index (χ0v) is 19.3. The van der Waals surface area contributed by atoms with E-state index in [2.05, 4.69) is 5.32 Å². The molecule has 0 aliphatic carbocycles. The number of nitrogens with zero attached hydrogens (tertiary/aromatic N) is 1. The lowest BCUT2D eigenvalue weighted by molar-refractivity contribution is -0.155. The molecular weight excluding hydrogens is 428 g/mol. The Morgan fingerprint density at radius 2 is 1.82 bits per heavy atom. The summed E-state index contributed by atoms with van der Waals surface area (Å²) in [4.78, 5) is 52.1. The van der Waals surface area contributed by atoms with E-state index in [1.54, 1.807) is 6.92 Å². The molecular formula is C24H32N2O7. The fourth-order valence-corrected chi connectivity index (χ4v) is 3.91. The van der Waals surface area contributed by atoms with Crippen LogP contribution in [0.25, 0.3) is 0 Å². The quantitative estimate of drug-likeness (QED) is 0.416. The number of carbonyl (C=O) groups is 4. The lowest BCUT2D eigenvalue weighted by Crippen LogP contribution is -2.55. The average Bonchev–Trinajstić information content (AvgIpc) is 3.49. The van der Waals surface area contributed by atoms with Gasteiger partial charge in [-0.05, 0) is 31.2 Å². The van der Waals surface area contributed by atoms with Crippen LogP contribution in [0.3, 0.4) is 0 Å². The Kier molecular flexibility index (Phi) is 8.43. The van der Waals surface area contributed by atoms with E-state index in [1.165, 1.54) is 4.90 Å². The number of rotatable bonds is 10. The molecule has 9 heteroatoms. The van der Waals surface area contributed by atoms with Gasteiger partial charge in [0.05, 0.1) is 6.61 Å². The molecule has 1 N–H and O–H groups in total. The molecule has 2 fully saturated rings. The first-order valence-corrected chi connectivity index (χ1v) is 11.5. The Morgan fingerprint density at radius 3 is 2.48 bits per heavy atom. The molecule has 0 saturated carbocycles. The van der Waals surface area contributed by atoms with Crippen molar-refractivity contribution in [1.82, 2.24) is 10.2 Å². The second-order valence-corrected chi connectivity index (χ2v) is 8.38. The van der Waals surface area contributed by atoms with E-state index in [-0.39, 0.29) is 25.0 Å². The van der Waals surface area contributed by atoms with Gasteiger partial charge in [0.25, 0.3) is 5.91 Å². The third kappa shape index (κ3) is 6.10. The Morgan fingerprint density at radius 1 is 1.09 bits per heavy atom. The maximum Gasteiger partial charge on any atom is 0.338 e. The molecule has 2 heterocycles. The van der Waals surface area contributed by atoms with Crippen molar-refractivity contribution in [3.63, 3.8) is 0 Å². The molecule has 2 aliphatic heterocycles. The van der Waals surface area contributed by atoms with Gasteiger partial charge in [0.15, 0.2) is 12.2 Å². The van der Waals surface area contributed by atoms with Crippen LogP contribution in [-0.4, -0.2) is 66.1 Å². The van der Waals surface area contributed by atoms with Crippen LogP contribution in [0.1, 0.15) is 45.6 Å². The molecule has 0 aromatic heterocycles. The van der Waals surface area contributed by atoms with Crippen molar-refractivity contribution in [3.8, 4) is 0 Å². The first-order chi connectivity index (χ1) is 15.9. The van der Waals surface area contributed by atoms with E-state index in [9.17, 15) is 19.2 Å². The fraction of sp³-hybridized carbons (Fsp3) is 0.583. The third-order valence-corrected chi connectivity index (χ3v) is 6.08. The molecule has 1 aromatic carbocycles. The fourth-order valence-electron chi connectivity index (χ4n) is 3.91. The van der Waals surface area contributed by atoms with Crippen LogP contribution in [-0.2, 0) is 40.0 Å². The predicted molar refractivity (Wildman–Crippen MR) is 118 cm³/mol. The maximum atomic E-state index is 13.4. The number of ether oxygens (including phenoxy) is 3. The van der Waals surface area contributed by atoms with Crippen LogP contribution >= 0.6 is 0 Å². The molecule has 2 saturated heterocycles. The minimum absolute atomic E-state index is 0.137. The second-order valence-electron chi connectivity index (χ2n) is 8.38. The van der Waals surface area contributed by atoms with E-state index in [4.69, 9.17) is 14.2 Å². The van der Waals surface area contributed by atoms with Crippen molar-refractivity contribution in [2.24, 2.45) is 5.92 Å². The number of epoxide rings is 1. The zero-order chi connectivity index (χ0) is 24.0. The number of esters is 2. The summed E-state index contributed by atoms with van der Waals surface area (Å²) < 4.78 is 15.5. The summed E-state index contributed by atoms with van der Waals surface area (Å²) in [6, 6.07) is 7.82. The molecule has 0 bridgehead atoms. The number of hydrogen-bond donors (Lipinski definition) is 1. The van der Waals surface area contributed by atoms with Crippen LogP contribution < -0.4 is 5.32 Å². The Labute approximate surface area is 193 Å². The van der Waals surface area contributed by atoms with Gasteiger partial charge in [0.1, 0.15) is 18.7 Å². The SMILES string of the molecule is CCOC(=O)C1OC1C(=O)N[C@H](C(=O)N1CCC[C@H]1C(=O)OCc1ccccc1)C(C)CC. The topological polar surface area (TPSA) is 115 Å². The Hall–Kier alpha value is -2.94. The number of carbonyl (C=O) groups excluding carboxylic acids is 4. The number of likely N-dealkylation sites (tertiary alicyclic amines) is 1. The van der Waals surface area contributed by atoms with Crippen LogP contribution in [0, 0.1) is 5.92 Å². The van der Waals surface area contributed by atoms with Crippen molar-refractivity contribution in [2.75, 3.05) is 13.2 Å². The summed E-state index contributed by atoms with van der Waals surface area (Å²) in [5.41, 5.74) is 0.868. The van der Waals surface area contributed by atoms with Crippen molar-refractivity contribution in [2.45, 2.75) is 70.9 Å². The van der Waals surface area contributed by atoms with Crippen LogP contribution in [0.4, 0.5) is 0 Å². The first kappa shape index (κ1) is 24.7. The van der Waals surface area contributed by atoms with Crippen LogP contribution in [0.5, 0.6) is 0 Å². The summed E-state index contributed by atoms with van der Waals surface area (Å²) in [5, 5.41) is 2.74. The smallest absolute Gasteiger partial charge is 0.338 e. The van der Waals surface area contributed by atoms with E-state index in [0.717, 1.165) is 5.56 Å². The summed E-state index contributed by atoms with van der Waals surface area (Å²) in [7, 11) is 0. The summed E-state index contributed by atoms with van der Waals surface area (Å²) in [5.74, 6) is -2.08. The monoisotopic (exact) mass is 460 g/mol. The molecule has 9 nitrogen and oxygen atoms in total. The molecule has 0 spiro atoms. The highest BCUT2D eigenvalue weighted by Crippen LogP contribution is 2.26. The van der Waals surface area contributed by atoms with Crippen molar-refractivity contribution in [1.29, 1.82) is 0 Å². The van der Waals surface area contributed by atoms with Gasteiger partial charge in [-0.1, -0.05) is 50.6 Å². The zero-order valence-electron chi connectivity index (χ0n) is 19.3. The minimum Gasteiger partial charge on any atom is -0.464 e. The summed E-state index contributed by atoms with van der Waals surface area (Å²) >= 11 is 0. The molecule has 2 aliphatic rings. The molecule has 33 heavy (non-hydrogen) atoms. The molecule has 2 amide bonds. The van der Waals surface area contributed by atoms with Gasteiger partial charge in [-0.2, -0.15) is 0 Å². The number of benzene rings is 1. The molecule has 3 unspecified atom stereocenters. The highest BCUT2D eigenvalue weighted by molar-refractivity contribution is 5.96. The van der Waals surface area contributed by atoms with Gasteiger partial charge in [-0.25, -0.2) is 9.59 Å². The second kappa shape index (κ2) is 11.3. The average molecular weight is 461 g/mol. The van der Waals surface area contributed by atoms with Gasteiger partial charge >= 0.3 is 11.9 Å². The third-order valence-electron chi connectivity index (χ3n) is 6.08. The molecule has 5 atom stereocenters. The Balaban J connectivity index is 1.62. The highest BCUT2D eigenvalue weighted by Gasteiger charge is 2.52. The maximum absolute atomic E-state index is 13.4. The number of hydrogen-bond acceptors (Lipinski definition) is 7. The van der Waals surface area contributed by atoms with Crippen molar-refractivity contribution < 1.29 is 33.4 Å². The van der Waals surface area contributed by atoms with E-state index in [1.807, 2.05) is 44.2 Å². The van der Waals surface area contributed by atoms with Gasteiger partial charge in [-0.3, -0.25) is 9.59 Å². The number of nitrogens with one attached hydrogen (secondary N) is 1. The van der Waals surface area contributed by atoms with E-state index in [0.29, 0.717) is 25.8 Å². The minimum atomic E-state index is -0.964. The predicted octanol–water partition coefficient (Wildman–Crippen LogP) is 1.58. The molecule has 1 aromatic rings. The summed E-state index contributed by atoms with van der Waals surface area (Å²) in [6.45, 7) is 6.19. The first-order valence-electron chi connectivity index (χ1n) is 11.5. The number of amides is 2. The molecule has 180 valence electrons. The lowest BCUT2D eigenvalue weighted by atomic mass is 9.97. The van der Waals surface area contributed by atoms with Crippen LogP contribution in [0.2, 0.25) is 0 Å². The van der Waals surface area contributed by atoms with Crippen molar-refractivity contribution >= 4 is 23.8 Å². The lowest BCUT2D eigenvalue weighted by Gasteiger charge is -2.31.